The second kappa shape index (κ2) is 8.34. The minimum absolute atomic E-state index is 0.0810. The van der Waals surface area contributed by atoms with Crippen molar-refractivity contribution in [1.29, 1.82) is 0 Å². The molecule has 2 amide bonds. The number of nitrogens with zero attached hydrogens (tertiary/aromatic N) is 4. The third kappa shape index (κ3) is 4.22. The first-order valence-corrected chi connectivity index (χ1v) is 11.2. The van der Waals surface area contributed by atoms with Crippen LogP contribution >= 0.6 is 0 Å². The van der Waals surface area contributed by atoms with Crippen LogP contribution in [0.25, 0.3) is 11.0 Å². The number of rotatable bonds is 6. The fraction of sp³-hybridized carbons (Fsp3) is 0.300. The molecule has 0 aromatic carbocycles. The largest absolute Gasteiger partial charge is 0.465 e. The van der Waals surface area contributed by atoms with Crippen molar-refractivity contribution in [2.24, 2.45) is 0 Å². The van der Waals surface area contributed by atoms with Gasteiger partial charge in [-0.3, -0.25) is 19.7 Å². The van der Waals surface area contributed by atoms with Crippen LogP contribution < -0.4 is 4.90 Å². The lowest BCUT2D eigenvalue weighted by atomic mass is 10.1. The van der Waals surface area contributed by atoms with Gasteiger partial charge in [0.15, 0.2) is 15.4 Å². The number of carbonyl (C=O) groups is 2. The number of piperidine rings is 1. The highest BCUT2D eigenvalue weighted by molar-refractivity contribution is 7.92. The molecule has 0 radical (unpaired) electrons. The fourth-order valence-electron chi connectivity index (χ4n) is 3.58. The Hall–Kier alpha value is -3.47. The summed E-state index contributed by atoms with van der Waals surface area (Å²) in [5, 5.41) is 9.18. The fourth-order valence-corrected chi connectivity index (χ4v) is 5.25. The summed E-state index contributed by atoms with van der Waals surface area (Å²) >= 11 is 0. The number of sulfone groups is 1. The van der Waals surface area contributed by atoms with Gasteiger partial charge in [0.05, 0.1) is 28.6 Å². The van der Waals surface area contributed by atoms with E-state index in [1.807, 2.05) is 0 Å². The van der Waals surface area contributed by atoms with E-state index in [2.05, 4.69) is 9.97 Å². The number of anilines is 1. The summed E-state index contributed by atoms with van der Waals surface area (Å²) in [5.41, 5.74) is 1.04. The molecule has 1 aliphatic rings. The zero-order valence-corrected chi connectivity index (χ0v) is 17.2. The van der Waals surface area contributed by atoms with Crippen molar-refractivity contribution in [3.8, 4) is 0 Å². The highest BCUT2D eigenvalue weighted by atomic mass is 32.2. The smallest absolute Gasteiger partial charge is 0.407 e. The summed E-state index contributed by atoms with van der Waals surface area (Å²) in [6.45, 7) is 0.478. The molecular formula is C20H20N4O6S. The molecule has 0 saturated carbocycles. The molecule has 0 atom stereocenters. The van der Waals surface area contributed by atoms with Gasteiger partial charge in [-0.1, -0.05) is 0 Å². The Labute approximate surface area is 178 Å². The number of fused-ring (bicyclic) bond motifs is 1. The molecule has 1 saturated heterocycles. The quantitative estimate of drug-likeness (QED) is 0.573. The maximum Gasteiger partial charge on any atom is 0.407 e. The lowest BCUT2D eigenvalue weighted by Crippen LogP contribution is -2.41. The molecule has 0 spiro atoms. The van der Waals surface area contributed by atoms with Crippen LogP contribution in [0.15, 0.2) is 52.2 Å². The molecule has 3 aromatic rings. The maximum atomic E-state index is 12.9. The van der Waals surface area contributed by atoms with Crippen LogP contribution in [0.5, 0.6) is 0 Å². The molecule has 11 heteroatoms. The predicted octanol–water partition coefficient (Wildman–Crippen LogP) is 2.30. The molecule has 10 nitrogen and oxygen atoms in total. The zero-order valence-electron chi connectivity index (χ0n) is 16.4. The Kier molecular flexibility index (Phi) is 5.59. The Bertz CT molecular complexity index is 1170. The first-order chi connectivity index (χ1) is 14.9. The molecule has 1 fully saturated rings. The van der Waals surface area contributed by atoms with E-state index in [9.17, 15) is 18.0 Å². The number of pyridine rings is 2. The molecule has 1 aliphatic heterocycles. The van der Waals surface area contributed by atoms with E-state index in [1.165, 1.54) is 22.1 Å². The van der Waals surface area contributed by atoms with Gasteiger partial charge in [-0.05, 0) is 31.0 Å². The average molecular weight is 444 g/mol. The van der Waals surface area contributed by atoms with Gasteiger partial charge in [-0.2, -0.15) is 0 Å². The van der Waals surface area contributed by atoms with Gasteiger partial charge in [0.25, 0.3) is 0 Å². The van der Waals surface area contributed by atoms with Crippen molar-refractivity contribution in [3.05, 3.63) is 48.5 Å². The number of likely N-dealkylation sites (tertiary alicyclic amines) is 1. The number of aromatic nitrogens is 2. The molecule has 0 bridgehead atoms. The van der Waals surface area contributed by atoms with Crippen LogP contribution in [0, 0.1) is 0 Å². The molecule has 1 N–H and O–H groups in total. The summed E-state index contributed by atoms with van der Waals surface area (Å²) in [6, 6.07) is 6.50. The van der Waals surface area contributed by atoms with E-state index in [4.69, 9.17) is 9.52 Å². The van der Waals surface area contributed by atoms with Gasteiger partial charge in [-0.15, -0.1) is 0 Å². The van der Waals surface area contributed by atoms with Crippen molar-refractivity contribution >= 4 is 39.2 Å². The molecule has 0 aliphatic carbocycles. The lowest BCUT2D eigenvalue weighted by molar-refractivity contribution is -0.107. The average Bonchev–Trinajstić information content (AvgIpc) is 3.22. The summed E-state index contributed by atoms with van der Waals surface area (Å²) < 4.78 is 31.4. The van der Waals surface area contributed by atoms with Crippen LogP contribution in [0.4, 0.5) is 10.7 Å². The van der Waals surface area contributed by atoms with E-state index in [-0.39, 0.29) is 37.4 Å². The van der Waals surface area contributed by atoms with Crippen LogP contribution in [-0.4, -0.2) is 59.2 Å². The van der Waals surface area contributed by atoms with Crippen molar-refractivity contribution in [3.63, 3.8) is 0 Å². The molecule has 0 unspecified atom stereocenters. The van der Waals surface area contributed by atoms with Crippen LogP contribution in [0.1, 0.15) is 18.5 Å². The topological polar surface area (TPSA) is 134 Å². The maximum absolute atomic E-state index is 12.9. The standard InChI is InChI=1S/C20H20N4O6S/c25-13-24(19-9-14-3-6-21-11-18(14)30-19)12-15-1-2-17(10-22-15)31(28,29)16-4-7-23(8-5-16)20(26)27/h1-3,6,9-11,13,16H,4-5,7-8,12H2,(H,26,27). The van der Waals surface area contributed by atoms with E-state index in [0.29, 0.717) is 23.6 Å². The molecule has 4 heterocycles. The number of hydrogen-bond donors (Lipinski definition) is 1. The van der Waals surface area contributed by atoms with Gasteiger partial charge in [0, 0.05) is 36.9 Å². The van der Waals surface area contributed by atoms with Crippen molar-refractivity contribution in [1.82, 2.24) is 14.9 Å². The normalized spacial score (nSPS) is 15.2. The third-order valence-electron chi connectivity index (χ3n) is 5.33. The minimum atomic E-state index is -3.62. The third-order valence-corrected chi connectivity index (χ3v) is 7.58. The Morgan fingerprint density at radius 2 is 2.03 bits per heavy atom. The van der Waals surface area contributed by atoms with Crippen LogP contribution in [0.2, 0.25) is 0 Å². The number of carboxylic acid groups (broad SMARTS) is 1. The predicted molar refractivity (Wildman–Crippen MR) is 110 cm³/mol. The highest BCUT2D eigenvalue weighted by Crippen LogP contribution is 2.27. The van der Waals surface area contributed by atoms with Crippen LogP contribution in [-0.2, 0) is 21.2 Å². The van der Waals surface area contributed by atoms with Crippen molar-refractivity contribution in [2.75, 3.05) is 18.0 Å². The van der Waals surface area contributed by atoms with E-state index in [1.54, 1.807) is 30.6 Å². The summed E-state index contributed by atoms with van der Waals surface area (Å²) in [5.74, 6) is 0.335. The minimum Gasteiger partial charge on any atom is -0.465 e. The molecule has 4 rings (SSSR count). The van der Waals surface area contributed by atoms with Crippen molar-refractivity contribution < 1.29 is 27.5 Å². The Morgan fingerprint density at radius 3 is 2.65 bits per heavy atom. The number of amides is 2. The van der Waals surface area contributed by atoms with Crippen molar-refractivity contribution in [2.45, 2.75) is 29.5 Å². The number of carbonyl (C=O) groups excluding carboxylic acids is 1. The summed E-state index contributed by atoms with van der Waals surface area (Å²) in [6.07, 6.45) is 4.53. The second-order valence-corrected chi connectivity index (χ2v) is 9.46. The van der Waals surface area contributed by atoms with Gasteiger partial charge < -0.3 is 14.4 Å². The summed E-state index contributed by atoms with van der Waals surface area (Å²) in [4.78, 5) is 33.4. The monoisotopic (exact) mass is 444 g/mol. The molecular weight excluding hydrogens is 424 g/mol. The second-order valence-electron chi connectivity index (χ2n) is 7.23. The van der Waals surface area contributed by atoms with E-state index >= 15 is 0 Å². The Balaban J connectivity index is 1.47. The highest BCUT2D eigenvalue weighted by Gasteiger charge is 2.32. The van der Waals surface area contributed by atoms with Crippen LogP contribution in [0.3, 0.4) is 0 Å². The number of furan rings is 1. The lowest BCUT2D eigenvalue weighted by Gasteiger charge is -2.29. The molecule has 162 valence electrons. The van der Waals surface area contributed by atoms with Gasteiger partial charge in [-0.25, -0.2) is 13.2 Å². The SMILES string of the molecule is O=CN(Cc1ccc(S(=O)(=O)C2CCN(C(=O)O)CC2)cn1)c1cc2ccncc2o1. The zero-order chi connectivity index (χ0) is 22.0. The first kappa shape index (κ1) is 20.8. The first-order valence-electron chi connectivity index (χ1n) is 9.60. The van der Waals surface area contributed by atoms with Gasteiger partial charge in [0.1, 0.15) is 0 Å². The van der Waals surface area contributed by atoms with Gasteiger partial charge >= 0.3 is 6.09 Å². The Morgan fingerprint density at radius 1 is 1.26 bits per heavy atom. The number of hydrogen-bond acceptors (Lipinski definition) is 7. The molecule has 3 aromatic heterocycles. The molecule has 31 heavy (non-hydrogen) atoms. The van der Waals surface area contributed by atoms with E-state index < -0.39 is 21.2 Å². The van der Waals surface area contributed by atoms with E-state index in [0.717, 1.165) is 5.39 Å². The summed E-state index contributed by atoms with van der Waals surface area (Å²) in [7, 11) is -3.62. The van der Waals surface area contributed by atoms with Gasteiger partial charge in [0.2, 0.25) is 12.3 Å².